The molecule has 21 heavy (non-hydrogen) atoms. The number of amides is 2. The van der Waals surface area contributed by atoms with Crippen molar-refractivity contribution in [3.8, 4) is 0 Å². The van der Waals surface area contributed by atoms with Gasteiger partial charge in [0.25, 0.3) is 0 Å². The van der Waals surface area contributed by atoms with Crippen molar-refractivity contribution >= 4 is 17.8 Å². The number of nitrogens with one attached hydrogen (secondary N) is 1. The molecule has 2 rings (SSSR count). The second-order valence-electron chi connectivity index (χ2n) is 6.02. The van der Waals surface area contributed by atoms with Crippen LogP contribution in [0.15, 0.2) is 0 Å². The van der Waals surface area contributed by atoms with Gasteiger partial charge in [-0.05, 0) is 38.5 Å². The Kier molecular flexibility index (Phi) is 5.59. The third kappa shape index (κ3) is 5.02. The predicted octanol–water partition coefficient (Wildman–Crippen LogP) is 1.01. The van der Waals surface area contributed by atoms with Crippen molar-refractivity contribution < 1.29 is 19.5 Å². The summed E-state index contributed by atoms with van der Waals surface area (Å²) < 4.78 is 0. The van der Waals surface area contributed by atoms with Gasteiger partial charge in [-0.1, -0.05) is 0 Å². The summed E-state index contributed by atoms with van der Waals surface area (Å²) >= 11 is 0. The summed E-state index contributed by atoms with van der Waals surface area (Å²) in [7, 11) is 0. The van der Waals surface area contributed by atoms with Crippen molar-refractivity contribution in [2.24, 2.45) is 11.8 Å². The largest absolute Gasteiger partial charge is 0.481 e. The van der Waals surface area contributed by atoms with Gasteiger partial charge in [-0.25, -0.2) is 0 Å². The summed E-state index contributed by atoms with van der Waals surface area (Å²) in [5.41, 5.74) is 0. The first kappa shape index (κ1) is 15.8. The van der Waals surface area contributed by atoms with Gasteiger partial charge in [0.05, 0.1) is 0 Å². The van der Waals surface area contributed by atoms with E-state index in [2.05, 4.69) is 5.32 Å². The van der Waals surface area contributed by atoms with Crippen molar-refractivity contribution in [1.29, 1.82) is 0 Å². The lowest BCUT2D eigenvalue weighted by Gasteiger charge is -2.31. The number of carboxylic acids is 1. The molecule has 0 aromatic rings. The van der Waals surface area contributed by atoms with Crippen LogP contribution >= 0.6 is 0 Å². The first-order valence-electron chi connectivity index (χ1n) is 7.86. The minimum atomic E-state index is -0.797. The molecule has 6 nitrogen and oxygen atoms in total. The second kappa shape index (κ2) is 7.43. The van der Waals surface area contributed by atoms with Gasteiger partial charge in [0.2, 0.25) is 11.8 Å². The molecule has 0 unspecified atom stereocenters. The van der Waals surface area contributed by atoms with Crippen molar-refractivity contribution in [2.75, 3.05) is 19.6 Å². The highest BCUT2D eigenvalue weighted by Gasteiger charge is 2.35. The quantitative estimate of drug-likeness (QED) is 0.686. The van der Waals surface area contributed by atoms with Gasteiger partial charge in [0.15, 0.2) is 0 Å². The van der Waals surface area contributed by atoms with E-state index < -0.39 is 5.97 Å². The van der Waals surface area contributed by atoms with Crippen LogP contribution < -0.4 is 5.32 Å². The number of unbranched alkanes of at least 4 members (excludes halogenated alkanes) is 1. The molecule has 6 heteroatoms. The third-order valence-corrected chi connectivity index (χ3v) is 4.22. The monoisotopic (exact) mass is 296 g/mol. The Morgan fingerprint density at radius 3 is 2.24 bits per heavy atom. The number of hydrogen-bond acceptors (Lipinski definition) is 3. The van der Waals surface area contributed by atoms with Crippen LogP contribution in [0, 0.1) is 11.8 Å². The fourth-order valence-electron chi connectivity index (χ4n) is 2.71. The number of piperidine rings is 1. The van der Waals surface area contributed by atoms with Crippen LogP contribution in [0.4, 0.5) is 0 Å². The molecule has 2 fully saturated rings. The molecular formula is C15H24N2O4. The van der Waals surface area contributed by atoms with Crippen LogP contribution in [0.5, 0.6) is 0 Å². The number of rotatable bonds is 7. The number of likely N-dealkylation sites (tertiary alicyclic amines) is 1. The van der Waals surface area contributed by atoms with Gasteiger partial charge < -0.3 is 15.3 Å². The number of nitrogens with zero attached hydrogens (tertiary/aromatic N) is 1. The molecule has 1 aliphatic carbocycles. The molecule has 0 spiro atoms. The predicted molar refractivity (Wildman–Crippen MR) is 76.5 cm³/mol. The summed E-state index contributed by atoms with van der Waals surface area (Å²) in [5, 5.41) is 11.4. The van der Waals surface area contributed by atoms with E-state index in [1.54, 1.807) is 0 Å². The summed E-state index contributed by atoms with van der Waals surface area (Å²) in [4.78, 5) is 36.2. The molecule has 2 aliphatic rings. The van der Waals surface area contributed by atoms with E-state index in [0.717, 1.165) is 25.7 Å². The summed E-state index contributed by atoms with van der Waals surface area (Å²) in [5.74, 6) is -0.238. The molecular weight excluding hydrogens is 272 g/mol. The summed E-state index contributed by atoms with van der Waals surface area (Å²) in [6, 6.07) is 0. The van der Waals surface area contributed by atoms with Gasteiger partial charge in [0.1, 0.15) is 0 Å². The molecule has 0 aromatic heterocycles. The van der Waals surface area contributed by atoms with Gasteiger partial charge in [-0.2, -0.15) is 0 Å². The number of carboxylic acid groups (broad SMARTS) is 1. The number of hydrogen-bond donors (Lipinski definition) is 2. The molecule has 2 amide bonds. The second-order valence-corrected chi connectivity index (χ2v) is 6.02. The van der Waals surface area contributed by atoms with Crippen LogP contribution in [-0.2, 0) is 14.4 Å². The molecule has 1 saturated carbocycles. The van der Waals surface area contributed by atoms with E-state index in [4.69, 9.17) is 5.11 Å². The number of aliphatic carboxylic acids is 1. The first-order chi connectivity index (χ1) is 10.1. The maximum absolute atomic E-state index is 12.0. The average molecular weight is 296 g/mol. The molecule has 0 atom stereocenters. The van der Waals surface area contributed by atoms with E-state index >= 15 is 0 Å². The SMILES string of the molecule is O=C(O)CCCCNC(=O)C1CCN(C(=O)C2CC2)CC1. The lowest BCUT2D eigenvalue weighted by molar-refractivity contribution is -0.137. The minimum absolute atomic E-state index is 0.00673. The summed E-state index contributed by atoms with van der Waals surface area (Å²) in [6.07, 6.45) is 4.95. The fraction of sp³-hybridized carbons (Fsp3) is 0.800. The summed E-state index contributed by atoms with van der Waals surface area (Å²) in [6.45, 7) is 1.91. The van der Waals surface area contributed by atoms with E-state index in [9.17, 15) is 14.4 Å². The maximum atomic E-state index is 12.0. The highest BCUT2D eigenvalue weighted by atomic mass is 16.4. The topological polar surface area (TPSA) is 86.7 Å². The maximum Gasteiger partial charge on any atom is 0.303 e. The van der Waals surface area contributed by atoms with Crippen LogP contribution in [-0.4, -0.2) is 47.4 Å². The molecule has 0 radical (unpaired) electrons. The van der Waals surface area contributed by atoms with Crippen molar-refractivity contribution in [2.45, 2.75) is 44.9 Å². The van der Waals surface area contributed by atoms with E-state index in [1.807, 2.05) is 4.90 Å². The van der Waals surface area contributed by atoms with Gasteiger partial charge in [-0.3, -0.25) is 14.4 Å². The van der Waals surface area contributed by atoms with Crippen molar-refractivity contribution in [3.05, 3.63) is 0 Å². The zero-order chi connectivity index (χ0) is 15.2. The van der Waals surface area contributed by atoms with Crippen LogP contribution in [0.25, 0.3) is 0 Å². The Morgan fingerprint density at radius 2 is 1.67 bits per heavy atom. The smallest absolute Gasteiger partial charge is 0.303 e. The van der Waals surface area contributed by atoms with E-state index in [0.29, 0.717) is 32.5 Å². The van der Waals surface area contributed by atoms with Crippen molar-refractivity contribution in [3.63, 3.8) is 0 Å². The lowest BCUT2D eigenvalue weighted by atomic mass is 9.95. The Hall–Kier alpha value is -1.59. The normalized spacial score (nSPS) is 19.3. The Bertz CT molecular complexity index is 398. The van der Waals surface area contributed by atoms with Gasteiger partial charge in [0, 0.05) is 37.9 Å². The fourth-order valence-corrected chi connectivity index (χ4v) is 2.71. The molecule has 0 aromatic carbocycles. The Balaban J connectivity index is 1.59. The highest BCUT2D eigenvalue weighted by Crippen LogP contribution is 2.32. The van der Waals surface area contributed by atoms with E-state index in [1.165, 1.54) is 0 Å². The van der Waals surface area contributed by atoms with E-state index in [-0.39, 0.29) is 30.1 Å². The molecule has 118 valence electrons. The minimum Gasteiger partial charge on any atom is -0.481 e. The molecule has 0 bridgehead atoms. The molecule has 2 N–H and O–H groups in total. The first-order valence-corrected chi connectivity index (χ1v) is 7.86. The van der Waals surface area contributed by atoms with Gasteiger partial charge in [-0.15, -0.1) is 0 Å². The zero-order valence-electron chi connectivity index (χ0n) is 12.3. The van der Waals surface area contributed by atoms with Crippen molar-refractivity contribution in [1.82, 2.24) is 10.2 Å². The van der Waals surface area contributed by atoms with Gasteiger partial charge >= 0.3 is 5.97 Å². The lowest BCUT2D eigenvalue weighted by Crippen LogP contribution is -2.43. The molecule has 1 aliphatic heterocycles. The molecule has 1 heterocycles. The Labute approximate surface area is 124 Å². The molecule has 1 saturated heterocycles. The zero-order valence-corrected chi connectivity index (χ0v) is 12.3. The van der Waals surface area contributed by atoms with Crippen LogP contribution in [0.2, 0.25) is 0 Å². The van der Waals surface area contributed by atoms with Crippen LogP contribution in [0.1, 0.15) is 44.9 Å². The highest BCUT2D eigenvalue weighted by molar-refractivity contribution is 5.82. The van der Waals surface area contributed by atoms with Crippen LogP contribution in [0.3, 0.4) is 0 Å². The third-order valence-electron chi connectivity index (χ3n) is 4.22. The average Bonchev–Trinajstić information content (AvgIpc) is 3.30. The standard InChI is InChI=1S/C15H24N2O4/c18-13(19)3-1-2-8-16-14(20)11-6-9-17(10-7-11)15(21)12-4-5-12/h11-12H,1-10H2,(H,16,20)(H,18,19). The number of carbonyl (C=O) groups excluding carboxylic acids is 2. The Morgan fingerprint density at radius 1 is 1.00 bits per heavy atom. The number of carbonyl (C=O) groups is 3.